The van der Waals surface area contributed by atoms with Gasteiger partial charge in [0.25, 0.3) is 0 Å². The highest BCUT2D eigenvalue weighted by Crippen LogP contribution is 2.26. The van der Waals surface area contributed by atoms with E-state index >= 15 is 0 Å². The zero-order valence-corrected chi connectivity index (χ0v) is 16.9. The second kappa shape index (κ2) is 10.1. The number of carbonyl (C=O) groups is 1. The van der Waals surface area contributed by atoms with Crippen molar-refractivity contribution in [3.63, 3.8) is 0 Å². The van der Waals surface area contributed by atoms with E-state index < -0.39 is 0 Å². The van der Waals surface area contributed by atoms with Crippen molar-refractivity contribution in [1.29, 1.82) is 0 Å². The van der Waals surface area contributed by atoms with Gasteiger partial charge in [0, 0.05) is 37.8 Å². The lowest BCUT2D eigenvalue weighted by atomic mass is 9.92. The maximum absolute atomic E-state index is 12.2. The Bertz CT molecular complexity index is 754. The van der Waals surface area contributed by atoms with Crippen molar-refractivity contribution in [3.8, 4) is 0 Å². The number of carbonyl (C=O) groups excluding carboxylic acids is 1. The second-order valence-electron chi connectivity index (χ2n) is 7.57. The van der Waals surface area contributed by atoms with Gasteiger partial charge in [0.05, 0.1) is 0 Å². The molecule has 150 valence electrons. The molecule has 0 spiro atoms. The fourth-order valence-corrected chi connectivity index (χ4v) is 3.52. The van der Waals surface area contributed by atoms with Gasteiger partial charge in [0.1, 0.15) is 18.0 Å². The molecular formula is C22H31N5O. The number of anilines is 3. The maximum Gasteiger partial charge on any atom is 0.224 e. The normalized spacial score (nSPS) is 14.7. The highest BCUT2D eigenvalue weighted by Gasteiger charge is 2.21. The third kappa shape index (κ3) is 5.94. The number of benzene rings is 1. The predicted molar refractivity (Wildman–Crippen MR) is 115 cm³/mol. The maximum atomic E-state index is 12.2. The number of nitrogens with zero attached hydrogens (tertiary/aromatic N) is 3. The number of aromatic nitrogens is 2. The van der Waals surface area contributed by atoms with Crippen molar-refractivity contribution in [2.75, 3.05) is 35.2 Å². The molecule has 1 amide bonds. The molecule has 28 heavy (non-hydrogen) atoms. The van der Waals surface area contributed by atoms with Crippen LogP contribution >= 0.6 is 0 Å². The van der Waals surface area contributed by atoms with E-state index in [1.807, 2.05) is 37.3 Å². The smallest absolute Gasteiger partial charge is 0.224 e. The molecule has 0 bridgehead atoms. The molecule has 6 nitrogen and oxygen atoms in total. The molecule has 1 aromatic heterocycles. The summed E-state index contributed by atoms with van der Waals surface area (Å²) in [5.74, 6) is 2.58. The molecule has 0 aliphatic carbocycles. The minimum absolute atomic E-state index is 0.105. The first-order valence-electron chi connectivity index (χ1n) is 10.3. The van der Waals surface area contributed by atoms with Gasteiger partial charge in [0.15, 0.2) is 0 Å². The van der Waals surface area contributed by atoms with E-state index in [1.54, 1.807) is 6.33 Å². The fourth-order valence-electron chi connectivity index (χ4n) is 3.52. The molecule has 2 aromatic rings. The molecule has 0 unspecified atom stereocenters. The van der Waals surface area contributed by atoms with Gasteiger partial charge < -0.3 is 15.5 Å². The lowest BCUT2D eigenvalue weighted by Crippen LogP contribution is -2.34. The average Bonchev–Trinajstić information content (AvgIpc) is 2.73. The summed E-state index contributed by atoms with van der Waals surface area (Å²) >= 11 is 0. The Morgan fingerprint density at radius 2 is 1.93 bits per heavy atom. The van der Waals surface area contributed by atoms with Crippen LogP contribution in [0.15, 0.2) is 36.7 Å². The summed E-state index contributed by atoms with van der Waals surface area (Å²) in [5.41, 5.74) is 2.07. The Hall–Kier alpha value is -2.63. The molecule has 0 radical (unpaired) electrons. The van der Waals surface area contributed by atoms with Crippen molar-refractivity contribution in [1.82, 2.24) is 9.97 Å². The van der Waals surface area contributed by atoms with E-state index in [4.69, 9.17) is 0 Å². The zero-order valence-electron chi connectivity index (χ0n) is 16.9. The zero-order chi connectivity index (χ0) is 19.8. The van der Waals surface area contributed by atoms with Gasteiger partial charge in [-0.3, -0.25) is 4.79 Å². The molecule has 1 fully saturated rings. The summed E-state index contributed by atoms with van der Waals surface area (Å²) in [6.45, 7) is 7.06. The van der Waals surface area contributed by atoms with Gasteiger partial charge in [-0.25, -0.2) is 9.97 Å². The van der Waals surface area contributed by atoms with Crippen LogP contribution in [0.1, 0.15) is 44.6 Å². The van der Waals surface area contributed by atoms with Crippen LogP contribution in [0.3, 0.4) is 0 Å². The van der Waals surface area contributed by atoms with Crippen LogP contribution in [0.25, 0.3) is 0 Å². The number of amides is 1. The Morgan fingerprint density at radius 3 is 2.64 bits per heavy atom. The Kier molecular flexibility index (Phi) is 7.23. The quantitative estimate of drug-likeness (QED) is 0.716. The average molecular weight is 382 g/mol. The summed E-state index contributed by atoms with van der Waals surface area (Å²) in [6.07, 6.45) is 6.42. The summed E-state index contributed by atoms with van der Waals surface area (Å²) in [5, 5.41) is 6.31. The summed E-state index contributed by atoms with van der Waals surface area (Å²) in [6, 6.07) is 9.97. The lowest BCUT2D eigenvalue weighted by Gasteiger charge is -2.32. The number of piperidine rings is 1. The Balaban J connectivity index is 1.41. The third-order valence-corrected chi connectivity index (χ3v) is 5.26. The predicted octanol–water partition coefficient (Wildman–Crippen LogP) is 4.24. The number of aryl methyl sites for hydroxylation is 1. The molecule has 6 heteroatoms. The minimum atomic E-state index is 0.105. The summed E-state index contributed by atoms with van der Waals surface area (Å²) in [7, 11) is 0. The molecule has 1 aliphatic rings. The molecule has 3 rings (SSSR count). The van der Waals surface area contributed by atoms with Crippen molar-refractivity contribution < 1.29 is 4.79 Å². The molecule has 0 atom stereocenters. The van der Waals surface area contributed by atoms with Crippen molar-refractivity contribution in [3.05, 3.63) is 42.2 Å². The van der Waals surface area contributed by atoms with Crippen LogP contribution in [0.4, 0.5) is 17.3 Å². The van der Waals surface area contributed by atoms with Crippen LogP contribution < -0.4 is 15.5 Å². The van der Waals surface area contributed by atoms with Crippen LogP contribution in [-0.2, 0) is 4.79 Å². The Labute approximate surface area is 167 Å². The van der Waals surface area contributed by atoms with Crippen LogP contribution in [0, 0.1) is 12.8 Å². The van der Waals surface area contributed by atoms with Crippen molar-refractivity contribution in [2.24, 2.45) is 5.92 Å². The molecule has 1 aromatic carbocycles. The largest absolute Gasteiger partial charge is 0.370 e. The summed E-state index contributed by atoms with van der Waals surface area (Å²) in [4.78, 5) is 23.2. The Morgan fingerprint density at radius 1 is 1.18 bits per heavy atom. The third-order valence-electron chi connectivity index (χ3n) is 5.26. The first-order valence-corrected chi connectivity index (χ1v) is 10.3. The van der Waals surface area contributed by atoms with Gasteiger partial charge in [-0.15, -0.1) is 0 Å². The highest BCUT2D eigenvalue weighted by atomic mass is 16.1. The molecule has 0 saturated carbocycles. The second-order valence-corrected chi connectivity index (χ2v) is 7.57. The molecule has 1 saturated heterocycles. The first-order chi connectivity index (χ1) is 13.6. The minimum Gasteiger partial charge on any atom is -0.370 e. The number of nitrogens with one attached hydrogen (secondary N) is 2. The van der Waals surface area contributed by atoms with Gasteiger partial charge in [0.2, 0.25) is 5.91 Å². The molecular weight excluding hydrogens is 350 g/mol. The summed E-state index contributed by atoms with van der Waals surface area (Å²) < 4.78 is 0. The topological polar surface area (TPSA) is 70.2 Å². The van der Waals surface area contributed by atoms with Gasteiger partial charge in [-0.05, 0) is 50.7 Å². The van der Waals surface area contributed by atoms with E-state index in [1.165, 1.54) is 5.56 Å². The number of rotatable bonds is 8. The van der Waals surface area contributed by atoms with E-state index in [-0.39, 0.29) is 5.91 Å². The molecule has 2 heterocycles. The standard InChI is InChI=1S/C22H31N5O/c1-3-12-23-20-15-21(25-16-24-20)27-13-10-18(11-14-27)6-9-22(28)26-19-7-4-17(2)5-8-19/h4-5,7-8,15-16,18H,3,6,9-14H2,1-2H3,(H,26,28)(H,23,24,25). The van der Waals surface area contributed by atoms with Crippen molar-refractivity contribution in [2.45, 2.75) is 46.0 Å². The van der Waals surface area contributed by atoms with Crippen molar-refractivity contribution >= 4 is 23.2 Å². The number of hydrogen-bond acceptors (Lipinski definition) is 5. The van der Waals surface area contributed by atoms with E-state index in [2.05, 4.69) is 32.4 Å². The fraction of sp³-hybridized carbons (Fsp3) is 0.500. The highest BCUT2D eigenvalue weighted by molar-refractivity contribution is 5.90. The number of hydrogen-bond donors (Lipinski definition) is 2. The van der Waals surface area contributed by atoms with Gasteiger partial charge in [-0.1, -0.05) is 24.6 Å². The van der Waals surface area contributed by atoms with Gasteiger partial charge in [-0.2, -0.15) is 0 Å². The molecule has 1 aliphatic heterocycles. The van der Waals surface area contributed by atoms with Gasteiger partial charge >= 0.3 is 0 Å². The van der Waals surface area contributed by atoms with Crippen LogP contribution in [0.5, 0.6) is 0 Å². The van der Waals surface area contributed by atoms with E-state index in [0.717, 1.165) is 62.6 Å². The monoisotopic (exact) mass is 381 g/mol. The first kappa shape index (κ1) is 20.1. The van der Waals surface area contributed by atoms with Crippen LogP contribution in [0.2, 0.25) is 0 Å². The van der Waals surface area contributed by atoms with Crippen LogP contribution in [-0.4, -0.2) is 35.5 Å². The lowest BCUT2D eigenvalue weighted by molar-refractivity contribution is -0.116. The molecule has 2 N–H and O–H groups in total. The SMILES string of the molecule is CCCNc1cc(N2CCC(CCC(=O)Nc3ccc(C)cc3)CC2)ncn1. The van der Waals surface area contributed by atoms with E-state index in [0.29, 0.717) is 12.3 Å². The van der Waals surface area contributed by atoms with E-state index in [9.17, 15) is 4.79 Å².